The van der Waals surface area contributed by atoms with Crippen molar-refractivity contribution in [3.05, 3.63) is 53.5 Å². The summed E-state index contributed by atoms with van der Waals surface area (Å²) >= 11 is 0. The predicted octanol–water partition coefficient (Wildman–Crippen LogP) is 3.32. The first-order valence-corrected chi connectivity index (χ1v) is 9.07. The molecular weight excluding hydrogens is 342 g/mol. The van der Waals surface area contributed by atoms with E-state index >= 15 is 0 Å². The second kappa shape index (κ2) is 8.58. The maximum atomic E-state index is 11.1. The average molecular weight is 367 g/mol. The van der Waals surface area contributed by atoms with Crippen LogP contribution in [0.1, 0.15) is 23.9 Å². The summed E-state index contributed by atoms with van der Waals surface area (Å²) in [5.41, 5.74) is 4.31. The number of rotatable bonds is 8. The van der Waals surface area contributed by atoms with Crippen molar-refractivity contribution >= 4 is 16.8 Å². The summed E-state index contributed by atoms with van der Waals surface area (Å²) in [7, 11) is 0. The summed E-state index contributed by atoms with van der Waals surface area (Å²) in [6, 6.07) is 9.75. The van der Waals surface area contributed by atoms with E-state index in [1.165, 1.54) is 12.5 Å². The lowest BCUT2D eigenvalue weighted by molar-refractivity contribution is -0.118. The van der Waals surface area contributed by atoms with Gasteiger partial charge < -0.3 is 19.8 Å². The van der Waals surface area contributed by atoms with Gasteiger partial charge in [0.1, 0.15) is 24.7 Å². The molecule has 3 rings (SSSR count). The summed E-state index contributed by atoms with van der Waals surface area (Å²) in [5.74, 6) is 1.58. The van der Waals surface area contributed by atoms with Crippen LogP contribution in [0.4, 0.5) is 0 Å². The summed E-state index contributed by atoms with van der Waals surface area (Å²) in [6.45, 7) is 7.05. The van der Waals surface area contributed by atoms with E-state index in [2.05, 4.69) is 15.3 Å². The van der Waals surface area contributed by atoms with Crippen LogP contribution in [0.15, 0.2) is 36.5 Å². The standard InChI is InChI=1S/C21H25N3O3/c1-14-12-18(6-8-22-14)27-11-10-26-17-4-5-21-20(13-17)19(15(2)24-21)7-9-23-16(3)25/h4-6,8,12-13,24H,7,9-11H2,1-3H3,(H,23,25). The second-order valence-electron chi connectivity index (χ2n) is 6.50. The minimum absolute atomic E-state index is 0.0130. The van der Waals surface area contributed by atoms with Gasteiger partial charge in [0.25, 0.3) is 0 Å². The van der Waals surface area contributed by atoms with E-state index in [1.807, 2.05) is 44.2 Å². The molecule has 0 radical (unpaired) electrons. The van der Waals surface area contributed by atoms with Crippen molar-refractivity contribution in [2.45, 2.75) is 27.2 Å². The van der Waals surface area contributed by atoms with Gasteiger partial charge in [-0.3, -0.25) is 9.78 Å². The van der Waals surface area contributed by atoms with Gasteiger partial charge in [-0.1, -0.05) is 0 Å². The van der Waals surface area contributed by atoms with Crippen molar-refractivity contribution in [3.8, 4) is 11.5 Å². The SMILES string of the molecule is CC(=O)NCCc1c(C)[nH]c2ccc(OCCOc3ccnc(C)c3)cc12. The van der Waals surface area contributed by atoms with Crippen LogP contribution in [0.5, 0.6) is 11.5 Å². The summed E-state index contributed by atoms with van der Waals surface area (Å²) < 4.78 is 11.5. The van der Waals surface area contributed by atoms with Gasteiger partial charge >= 0.3 is 0 Å². The third-order valence-electron chi connectivity index (χ3n) is 4.33. The first-order valence-electron chi connectivity index (χ1n) is 9.07. The minimum atomic E-state index is -0.0130. The Morgan fingerprint density at radius 1 is 1.11 bits per heavy atom. The number of carbonyl (C=O) groups excluding carboxylic acids is 1. The number of H-pyrrole nitrogens is 1. The summed E-state index contributed by atoms with van der Waals surface area (Å²) in [6.07, 6.45) is 2.51. The van der Waals surface area contributed by atoms with E-state index in [4.69, 9.17) is 9.47 Å². The Morgan fingerprint density at radius 3 is 2.56 bits per heavy atom. The van der Waals surface area contributed by atoms with Crippen molar-refractivity contribution < 1.29 is 14.3 Å². The van der Waals surface area contributed by atoms with Crippen LogP contribution in [0, 0.1) is 13.8 Å². The van der Waals surface area contributed by atoms with Gasteiger partial charge in [0.15, 0.2) is 0 Å². The number of aromatic nitrogens is 2. The Balaban J connectivity index is 1.60. The van der Waals surface area contributed by atoms with E-state index in [1.54, 1.807) is 6.20 Å². The number of fused-ring (bicyclic) bond motifs is 1. The lowest BCUT2D eigenvalue weighted by Gasteiger charge is -2.09. The fourth-order valence-electron chi connectivity index (χ4n) is 3.07. The molecular formula is C21H25N3O3. The van der Waals surface area contributed by atoms with Crippen molar-refractivity contribution in [2.75, 3.05) is 19.8 Å². The first-order chi connectivity index (χ1) is 13.0. The molecule has 27 heavy (non-hydrogen) atoms. The highest BCUT2D eigenvalue weighted by Crippen LogP contribution is 2.26. The maximum absolute atomic E-state index is 11.1. The largest absolute Gasteiger partial charge is 0.490 e. The van der Waals surface area contributed by atoms with Gasteiger partial charge in [-0.25, -0.2) is 0 Å². The zero-order valence-corrected chi connectivity index (χ0v) is 16.0. The van der Waals surface area contributed by atoms with E-state index in [0.29, 0.717) is 19.8 Å². The molecule has 0 aliphatic carbocycles. The fourth-order valence-corrected chi connectivity index (χ4v) is 3.07. The number of nitrogens with zero attached hydrogens (tertiary/aromatic N) is 1. The Morgan fingerprint density at radius 2 is 1.85 bits per heavy atom. The average Bonchev–Trinajstić information content (AvgIpc) is 2.94. The molecule has 1 aromatic carbocycles. The zero-order valence-electron chi connectivity index (χ0n) is 16.0. The molecule has 6 heteroatoms. The molecule has 142 valence electrons. The van der Waals surface area contributed by atoms with Crippen LogP contribution in [0.2, 0.25) is 0 Å². The lowest BCUT2D eigenvalue weighted by atomic mass is 10.1. The normalized spacial score (nSPS) is 10.8. The molecule has 0 unspecified atom stereocenters. The van der Waals surface area contributed by atoms with Crippen molar-refractivity contribution in [1.82, 2.24) is 15.3 Å². The number of pyridine rings is 1. The lowest BCUT2D eigenvalue weighted by Crippen LogP contribution is -2.22. The number of aromatic amines is 1. The van der Waals surface area contributed by atoms with E-state index in [-0.39, 0.29) is 5.91 Å². The van der Waals surface area contributed by atoms with Crippen LogP contribution in [-0.4, -0.2) is 35.6 Å². The number of hydrogen-bond donors (Lipinski definition) is 2. The van der Waals surface area contributed by atoms with Crippen LogP contribution < -0.4 is 14.8 Å². The number of aryl methyl sites for hydroxylation is 2. The van der Waals surface area contributed by atoms with E-state index < -0.39 is 0 Å². The molecule has 2 aromatic heterocycles. The summed E-state index contributed by atoms with van der Waals surface area (Å²) in [4.78, 5) is 18.6. The Hall–Kier alpha value is -3.02. The Bertz CT molecular complexity index is 934. The topological polar surface area (TPSA) is 76.2 Å². The molecule has 0 saturated carbocycles. The molecule has 0 atom stereocenters. The molecule has 0 aliphatic rings. The quantitative estimate of drug-likeness (QED) is 0.599. The third kappa shape index (κ3) is 5.00. The third-order valence-corrected chi connectivity index (χ3v) is 4.33. The molecule has 3 aromatic rings. The molecule has 0 aliphatic heterocycles. The fraction of sp³-hybridized carbons (Fsp3) is 0.333. The highest BCUT2D eigenvalue weighted by atomic mass is 16.5. The van der Waals surface area contributed by atoms with Crippen molar-refractivity contribution in [2.24, 2.45) is 0 Å². The molecule has 6 nitrogen and oxygen atoms in total. The van der Waals surface area contributed by atoms with Crippen LogP contribution in [-0.2, 0) is 11.2 Å². The molecule has 0 bridgehead atoms. The molecule has 1 amide bonds. The first kappa shape index (κ1) is 18.8. The van der Waals surface area contributed by atoms with E-state index in [0.717, 1.165) is 40.2 Å². The maximum Gasteiger partial charge on any atom is 0.216 e. The van der Waals surface area contributed by atoms with Crippen LogP contribution >= 0.6 is 0 Å². The molecule has 0 spiro atoms. The van der Waals surface area contributed by atoms with Gasteiger partial charge in [0.2, 0.25) is 5.91 Å². The van der Waals surface area contributed by atoms with Crippen LogP contribution in [0.25, 0.3) is 10.9 Å². The molecule has 2 N–H and O–H groups in total. The number of benzene rings is 1. The monoisotopic (exact) mass is 367 g/mol. The number of carbonyl (C=O) groups is 1. The van der Waals surface area contributed by atoms with Gasteiger partial charge in [-0.05, 0) is 50.1 Å². The highest BCUT2D eigenvalue weighted by Gasteiger charge is 2.10. The number of nitrogens with one attached hydrogen (secondary N) is 2. The van der Waals surface area contributed by atoms with Gasteiger partial charge in [-0.2, -0.15) is 0 Å². The van der Waals surface area contributed by atoms with E-state index in [9.17, 15) is 4.79 Å². The van der Waals surface area contributed by atoms with Crippen molar-refractivity contribution in [3.63, 3.8) is 0 Å². The Kier molecular flexibility index (Phi) is 5.96. The zero-order chi connectivity index (χ0) is 19.2. The Labute approximate surface area is 158 Å². The van der Waals surface area contributed by atoms with Gasteiger partial charge in [-0.15, -0.1) is 0 Å². The number of ether oxygens (including phenoxy) is 2. The molecule has 0 fully saturated rings. The number of hydrogen-bond acceptors (Lipinski definition) is 4. The molecule has 0 saturated heterocycles. The number of amides is 1. The van der Waals surface area contributed by atoms with Crippen molar-refractivity contribution in [1.29, 1.82) is 0 Å². The van der Waals surface area contributed by atoms with Gasteiger partial charge in [0, 0.05) is 48.0 Å². The predicted molar refractivity (Wildman–Crippen MR) is 105 cm³/mol. The smallest absolute Gasteiger partial charge is 0.216 e. The highest BCUT2D eigenvalue weighted by molar-refractivity contribution is 5.86. The second-order valence-corrected chi connectivity index (χ2v) is 6.50. The van der Waals surface area contributed by atoms with Crippen LogP contribution in [0.3, 0.4) is 0 Å². The minimum Gasteiger partial charge on any atom is -0.490 e. The van der Waals surface area contributed by atoms with Gasteiger partial charge in [0.05, 0.1) is 0 Å². The molecule has 2 heterocycles. The summed E-state index contributed by atoms with van der Waals surface area (Å²) in [5, 5.41) is 3.97.